The molecule has 1 saturated carbocycles. The van der Waals surface area contributed by atoms with Gasteiger partial charge in [-0.3, -0.25) is 9.35 Å². The third-order valence-corrected chi connectivity index (χ3v) is 3.99. The van der Waals surface area contributed by atoms with Crippen molar-refractivity contribution in [1.82, 2.24) is 0 Å². The summed E-state index contributed by atoms with van der Waals surface area (Å²) in [5.41, 5.74) is 0.935. The van der Waals surface area contributed by atoms with Crippen molar-refractivity contribution in [3.05, 3.63) is 41.5 Å². The van der Waals surface area contributed by atoms with Crippen LogP contribution in [-0.2, 0) is 14.9 Å². The Kier molecular flexibility index (Phi) is 3.13. The van der Waals surface area contributed by atoms with Crippen LogP contribution in [0.5, 0.6) is 0 Å². The third kappa shape index (κ3) is 2.62. The highest BCUT2D eigenvalue weighted by molar-refractivity contribution is 7.86. The van der Waals surface area contributed by atoms with Gasteiger partial charge in [-0.1, -0.05) is 30.3 Å². The normalized spacial score (nSPS) is 23.2. The van der Waals surface area contributed by atoms with Crippen molar-refractivity contribution in [3.8, 4) is 0 Å². The highest BCUT2D eigenvalue weighted by atomic mass is 32.2. The molecule has 90 valence electrons. The lowest BCUT2D eigenvalue weighted by atomic mass is 10.1. The molecule has 0 aromatic heterocycles. The van der Waals surface area contributed by atoms with E-state index in [1.165, 1.54) is 6.08 Å². The first-order chi connectivity index (χ1) is 7.98. The molecule has 0 bridgehead atoms. The van der Waals surface area contributed by atoms with Crippen molar-refractivity contribution in [2.75, 3.05) is 0 Å². The van der Waals surface area contributed by atoms with Gasteiger partial charge in [0.05, 0.1) is 0 Å². The van der Waals surface area contributed by atoms with E-state index in [-0.39, 0.29) is 24.2 Å². The lowest BCUT2D eigenvalue weighted by molar-refractivity contribution is -0.114. The maximum atomic E-state index is 11.6. The second-order valence-corrected chi connectivity index (χ2v) is 5.57. The van der Waals surface area contributed by atoms with Gasteiger partial charge in [0.2, 0.25) is 0 Å². The van der Waals surface area contributed by atoms with Crippen LogP contribution in [0.4, 0.5) is 0 Å². The van der Waals surface area contributed by atoms with Gasteiger partial charge in [-0.15, -0.1) is 0 Å². The van der Waals surface area contributed by atoms with Crippen LogP contribution in [0.2, 0.25) is 0 Å². The summed E-state index contributed by atoms with van der Waals surface area (Å²) in [4.78, 5) is 11.6. The monoisotopic (exact) mass is 252 g/mol. The molecular formula is C12H12O4S. The maximum Gasteiger partial charge on any atom is 0.272 e. The number of hydrogen-bond donors (Lipinski definition) is 1. The molecule has 0 spiro atoms. The zero-order chi connectivity index (χ0) is 12.5. The zero-order valence-electron chi connectivity index (χ0n) is 9.04. The summed E-state index contributed by atoms with van der Waals surface area (Å²) in [6.45, 7) is 0. The van der Waals surface area contributed by atoms with Crippen LogP contribution in [0.25, 0.3) is 6.08 Å². The zero-order valence-corrected chi connectivity index (χ0v) is 9.85. The minimum atomic E-state index is -4.19. The van der Waals surface area contributed by atoms with Crippen LogP contribution >= 0.6 is 0 Å². The van der Waals surface area contributed by atoms with Crippen LogP contribution in [0.3, 0.4) is 0 Å². The van der Waals surface area contributed by atoms with Crippen LogP contribution in [-0.4, -0.2) is 24.0 Å². The lowest BCUT2D eigenvalue weighted by Gasteiger charge is -2.06. The molecule has 1 fully saturated rings. The Morgan fingerprint density at radius 2 is 1.88 bits per heavy atom. The second kappa shape index (κ2) is 4.43. The Labute approximate surface area is 99.7 Å². The maximum absolute atomic E-state index is 11.6. The molecule has 1 unspecified atom stereocenters. The molecule has 1 aromatic rings. The number of carbonyl (C=O) groups excluding carboxylic acids is 1. The quantitative estimate of drug-likeness (QED) is 0.642. The average molecular weight is 252 g/mol. The smallest absolute Gasteiger partial charge is 0.272 e. The van der Waals surface area contributed by atoms with Crippen molar-refractivity contribution >= 4 is 22.0 Å². The fourth-order valence-corrected chi connectivity index (χ4v) is 2.89. The standard InChI is InChI=1S/C12H12O4S/c13-11-6-7-12(17(14,15)16)10(11)8-9-4-2-1-3-5-9/h1-5,8,12H,6-7H2,(H,14,15,16). The highest BCUT2D eigenvalue weighted by Gasteiger charge is 2.36. The van der Waals surface area contributed by atoms with Crippen LogP contribution in [0.15, 0.2) is 35.9 Å². The molecule has 1 aliphatic carbocycles. The van der Waals surface area contributed by atoms with E-state index in [9.17, 15) is 13.2 Å². The van der Waals surface area contributed by atoms with Gasteiger partial charge in [-0.2, -0.15) is 8.42 Å². The average Bonchev–Trinajstić information content (AvgIpc) is 2.62. The SMILES string of the molecule is O=C1CCC(S(=O)(=O)O)C1=Cc1ccccc1. The third-order valence-electron chi connectivity index (χ3n) is 2.78. The van der Waals surface area contributed by atoms with E-state index < -0.39 is 15.4 Å². The van der Waals surface area contributed by atoms with Crippen molar-refractivity contribution in [3.63, 3.8) is 0 Å². The Morgan fingerprint density at radius 3 is 2.47 bits per heavy atom. The van der Waals surface area contributed by atoms with E-state index in [4.69, 9.17) is 4.55 Å². The molecule has 0 saturated heterocycles. The molecule has 17 heavy (non-hydrogen) atoms. The fraction of sp³-hybridized carbons (Fsp3) is 0.250. The van der Waals surface area contributed by atoms with Crippen LogP contribution in [0.1, 0.15) is 18.4 Å². The molecule has 4 nitrogen and oxygen atoms in total. The molecule has 1 aliphatic rings. The highest BCUT2D eigenvalue weighted by Crippen LogP contribution is 2.28. The van der Waals surface area contributed by atoms with Gasteiger partial charge >= 0.3 is 0 Å². The van der Waals surface area contributed by atoms with Crippen molar-refractivity contribution < 1.29 is 17.8 Å². The molecule has 0 heterocycles. The lowest BCUT2D eigenvalue weighted by Crippen LogP contribution is -2.19. The van der Waals surface area contributed by atoms with Gasteiger partial charge < -0.3 is 0 Å². The van der Waals surface area contributed by atoms with Crippen molar-refractivity contribution in [2.24, 2.45) is 0 Å². The van der Waals surface area contributed by atoms with E-state index in [2.05, 4.69) is 0 Å². The minimum absolute atomic E-state index is 0.163. The molecule has 1 atom stereocenters. The van der Waals surface area contributed by atoms with Gasteiger partial charge in [0.25, 0.3) is 10.1 Å². The first-order valence-corrected chi connectivity index (χ1v) is 6.75. The van der Waals surface area contributed by atoms with Gasteiger partial charge in [-0.05, 0) is 18.1 Å². The summed E-state index contributed by atoms with van der Waals surface area (Å²) in [5.74, 6) is -0.212. The predicted molar refractivity (Wildman–Crippen MR) is 64.0 cm³/mol. The minimum Gasteiger partial charge on any atom is -0.295 e. The summed E-state index contributed by atoms with van der Waals surface area (Å²) < 4.78 is 31.3. The van der Waals surface area contributed by atoms with Crippen molar-refractivity contribution in [2.45, 2.75) is 18.1 Å². The summed E-state index contributed by atoms with van der Waals surface area (Å²) >= 11 is 0. The largest absolute Gasteiger partial charge is 0.295 e. The number of benzene rings is 1. The first kappa shape index (κ1) is 12.0. The Morgan fingerprint density at radius 1 is 1.24 bits per heavy atom. The molecule has 5 heteroatoms. The van der Waals surface area contributed by atoms with E-state index in [1.54, 1.807) is 24.3 Å². The molecule has 0 amide bonds. The topological polar surface area (TPSA) is 71.4 Å². The van der Waals surface area contributed by atoms with Crippen molar-refractivity contribution in [1.29, 1.82) is 0 Å². The van der Waals surface area contributed by atoms with Gasteiger partial charge in [0.15, 0.2) is 5.78 Å². The van der Waals surface area contributed by atoms with E-state index in [1.807, 2.05) is 6.07 Å². The summed E-state index contributed by atoms with van der Waals surface area (Å²) in [7, 11) is -4.19. The Hall–Kier alpha value is -1.46. The molecular weight excluding hydrogens is 240 g/mol. The molecule has 0 radical (unpaired) electrons. The number of carbonyl (C=O) groups is 1. The van der Waals surface area contributed by atoms with E-state index in [0.29, 0.717) is 0 Å². The molecule has 2 rings (SSSR count). The second-order valence-electron chi connectivity index (χ2n) is 3.98. The molecule has 1 aromatic carbocycles. The number of Topliss-reactive ketones (excluding diaryl/α,β-unsaturated/α-hetero) is 1. The molecule has 0 aliphatic heterocycles. The summed E-state index contributed by atoms with van der Waals surface area (Å²) in [6.07, 6.45) is 1.87. The van der Waals surface area contributed by atoms with E-state index in [0.717, 1.165) is 5.56 Å². The van der Waals surface area contributed by atoms with Gasteiger partial charge in [0, 0.05) is 12.0 Å². The summed E-state index contributed by atoms with van der Waals surface area (Å²) in [6, 6.07) is 8.99. The van der Waals surface area contributed by atoms with Crippen LogP contribution < -0.4 is 0 Å². The molecule has 1 N–H and O–H groups in total. The van der Waals surface area contributed by atoms with Gasteiger partial charge in [-0.25, -0.2) is 0 Å². The number of hydrogen-bond acceptors (Lipinski definition) is 3. The number of ketones is 1. The Bertz CT molecular complexity index is 557. The summed E-state index contributed by atoms with van der Waals surface area (Å²) in [5, 5.41) is -1.07. The number of rotatable bonds is 2. The van der Waals surface area contributed by atoms with E-state index >= 15 is 0 Å². The van der Waals surface area contributed by atoms with Crippen LogP contribution in [0, 0.1) is 0 Å². The fourth-order valence-electron chi connectivity index (χ4n) is 1.95. The first-order valence-electron chi connectivity index (χ1n) is 5.24. The predicted octanol–water partition coefficient (Wildman–Crippen LogP) is 1.69. The Balaban J connectivity index is 2.42. The van der Waals surface area contributed by atoms with Gasteiger partial charge in [0.1, 0.15) is 5.25 Å².